The van der Waals surface area contributed by atoms with Crippen LogP contribution in [0.25, 0.3) is 0 Å². The molecule has 0 aliphatic heterocycles. The molecule has 70 heavy (non-hydrogen) atoms. The summed E-state index contributed by atoms with van der Waals surface area (Å²) in [4.78, 5) is 48.3. The molecule has 0 aromatic heterocycles. The van der Waals surface area contributed by atoms with Gasteiger partial charge in [0.05, 0.1) is 19.8 Å². The van der Waals surface area contributed by atoms with E-state index in [2.05, 4.69) is 112 Å². The van der Waals surface area contributed by atoms with E-state index >= 15 is 0 Å². The average Bonchev–Trinajstić information content (AvgIpc) is 3.35. The second kappa shape index (κ2) is 51.2. The largest absolute Gasteiger partial charge is 0.472 e. The van der Waals surface area contributed by atoms with Gasteiger partial charge in [-0.05, 0) is 109 Å². The molecule has 0 rings (SSSR count). The van der Waals surface area contributed by atoms with E-state index in [-0.39, 0.29) is 19.3 Å². The van der Waals surface area contributed by atoms with Crippen molar-refractivity contribution in [2.45, 2.75) is 200 Å². The maximum Gasteiger partial charge on any atom is 0.472 e. The van der Waals surface area contributed by atoms with E-state index in [1.165, 1.54) is 25.7 Å². The maximum absolute atomic E-state index is 12.8. The SMILES string of the molecule is CC/C=C\C/C=C\C/C=C\C/C=C\C/C=C\CCCC(=O)OCC(COP(=O)(O)OCC(CO)OC(=O)CCCCCCC/C=C\CCCCCC)OC(=O)CC/C=C\C/C=C\C/C=C\C/C=C\CC. The lowest BCUT2D eigenvalue weighted by Crippen LogP contribution is -2.30. The van der Waals surface area contributed by atoms with Crippen molar-refractivity contribution >= 4 is 25.7 Å². The smallest absolute Gasteiger partial charge is 0.462 e. The van der Waals surface area contributed by atoms with Crippen LogP contribution in [0.4, 0.5) is 0 Å². The van der Waals surface area contributed by atoms with E-state index in [1.807, 2.05) is 30.4 Å². The number of ether oxygens (including phenoxy) is 3. The highest BCUT2D eigenvalue weighted by Crippen LogP contribution is 2.43. The van der Waals surface area contributed by atoms with Crippen LogP contribution in [0.1, 0.15) is 188 Å². The number of esters is 3. The summed E-state index contributed by atoms with van der Waals surface area (Å²) < 4.78 is 39.2. The summed E-state index contributed by atoms with van der Waals surface area (Å²) in [5.74, 6) is -1.66. The summed E-state index contributed by atoms with van der Waals surface area (Å²) in [7, 11) is -4.78. The Hall–Kier alpha value is -4.12. The second-order valence-corrected chi connectivity index (χ2v) is 18.4. The fourth-order valence-corrected chi connectivity index (χ4v) is 7.18. The number of hydrogen-bond donors (Lipinski definition) is 2. The summed E-state index contributed by atoms with van der Waals surface area (Å²) in [5.41, 5.74) is 0. The number of phosphoric acid groups is 1. The Bertz CT molecular complexity index is 1630. The summed E-state index contributed by atoms with van der Waals surface area (Å²) in [6.07, 6.45) is 61.9. The lowest BCUT2D eigenvalue weighted by molar-refractivity contribution is -0.161. The van der Waals surface area contributed by atoms with Crippen LogP contribution in [0.3, 0.4) is 0 Å². The van der Waals surface area contributed by atoms with Crippen LogP contribution in [0.2, 0.25) is 0 Å². The molecule has 0 spiro atoms. The molecular weight excluding hydrogens is 904 g/mol. The molecule has 396 valence electrons. The number of rotatable bonds is 47. The minimum atomic E-state index is -4.78. The minimum Gasteiger partial charge on any atom is -0.462 e. The Morgan fingerprint density at radius 1 is 0.414 bits per heavy atom. The van der Waals surface area contributed by atoms with E-state index < -0.39 is 64.4 Å². The summed E-state index contributed by atoms with van der Waals surface area (Å²) in [6.45, 7) is 4.20. The number of allylic oxidation sites excluding steroid dienone is 20. The van der Waals surface area contributed by atoms with Gasteiger partial charge in [0, 0.05) is 19.3 Å². The molecule has 11 nitrogen and oxygen atoms in total. The molecule has 0 aliphatic rings. The lowest BCUT2D eigenvalue weighted by Gasteiger charge is -2.21. The normalized spacial score (nSPS) is 14.4. The Morgan fingerprint density at radius 2 is 0.786 bits per heavy atom. The molecule has 3 atom stereocenters. The van der Waals surface area contributed by atoms with E-state index in [0.717, 1.165) is 89.9 Å². The molecule has 0 aliphatic carbocycles. The van der Waals surface area contributed by atoms with Gasteiger partial charge in [-0.15, -0.1) is 0 Å². The van der Waals surface area contributed by atoms with Crippen molar-refractivity contribution in [3.05, 3.63) is 122 Å². The van der Waals surface area contributed by atoms with E-state index in [4.69, 9.17) is 23.3 Å². The predicted molar refractivity (Wildman–Crippen MR) is 288 cm³/mol. The predicted octanol–water partition coefficient (Wildman–Crippen LogP) is 15.2. The van der Waals surface area contributed by atoms with Crippen molar-refractivity contribution in [3.8, 4) is 0 Å². The molecule has 0 aromatic rings. The molecule has 0 saturated heterocycles. The third kappa shape index (κ3) is 48.9. The number of unbranched alkanes of at least 4 members (excludes halogenated alkanes) is 10. The van der Waals surface area contributed by atoms with Crippen LogP contribution in [-0.2, 0) is 42.2 Å². The van der Waals surface area contributed by atoms with Crippen molar-refractivity contribution in [1.82, 2.24) is 0 Å². The van der Waals surface area contributed by atoms with Crippen LogP contribution in [0, 0.1) is 0 Å². The van der Waals surface area contributed by atoms with Gasteiger partial charge in [-0.2, -0.15) is 0 Å². The van der Waals surface area contributed by atoms with Gasteiger partial charge in [0.2, 0.25) is 0 Å². The van der Waals surface area contributed by atoms with Crippen molar-refractivity contribution in [2.75, 3.05) is 26.4 Å². The summed E-state index contributed by atoms with van der Waals surface area (Å²) in [6, 6.07) is 0. The van der Waals surface area contributed by atoms with Gasteiger partial charge in [0.1, 0.15) is 12.7 Å². The number of hydrogen-bond acceptors (Lipinski definition) is 10. The first-order valence-electron chi connectivity index (χ1n) is 26.4. The molecule has 0 saturated carbocycles. The Balaban J connectivity index is 4.91. The topological polar surface area (TPSA) is 155 Å². The zero-order chi connectivity index (χ0) is 51.3. The first-order chi connectivity index (χ1) is 34.2. The first kappa shape index (κ1) is 65.9. The van der Waals surface area contributed by atoms with Crippen LogP contribution < -0.4 is 0 Å². The van der Waals surface area contributed by atoms with Crippen molar-refractivity contribution in [2.24, 2.45) is 0 Å². The van der Waals surface area contributed by atoms with Crippen LogP contribution in [0.5, 0.6) is 0 Å². The Kier molecular flexibility index (Phi) is 48.2. The second-order valence-electron chi connectivity index (χ2n) is 16.9. The first-order valence-corrected chi connectivity index (χ1v) is 27.9. The molecule has 12 heteroatoms. The highest BCUT2D eigenvalue weighted by Gasteiger charge is 2.28. The number of carbonyl (C=O) groups excluding carboxylic acids is 3. The highest BCUT2D eigenvalue weighted by molar-refractivity contribution is 7.47. The summed E-state index contributed by atoms with van der Waals surface area (Å²) >= 11 is 0. The minimum absolute atomic E-state index is 0.0274. The fraction of sp³-hybridized carbons (Fsp3) is 0.603. The van der Waals surface area contributed by atoms with E-state index in [9.17, 15) is 28.9 Å². The average molecular weight is 997 g/mol. The Labute approximate surface area is 424 Å². The number of carbonyl (C=O) groups is 3. The van der Waals surface area contributed by atoms with Gasteiger partial charge in [0.25, 0.3) is 0 Å². The molecular formula is C58H93O11P. The van der Waals surface area contributed by atoms with Crippen LogP contribution in [0.15, 0.2) is 122 Å². The van der Waals surface area contributed by atoms with Gasteiger partial charge < -0.3 is 24.2 Å². The van der Waals surface area contributed by atoms with Gasteiger partial charge >= 0.3 is 25.7 Å². The van der Waals surface area contributed by atoms with E-state index in [0.29, 0.717) is 32.1 Å². The van der Waals surface area contributed by atoms with Crippen molar-refractivity contribution < 1.29 is 52.2 Å². The van der Waals surface area contributed by atoms with Gasteiger partial charge in [-0.3, -0.25) is 23.4 Å². The molecule has 2 N–H and O–H groups in total. The molecule has 0 heterocycles. The summed E-state index contributed by atoms with van der Waals surface area (Å²) in [5, 5.41) is 9.78. The van der Waals surface area contributed by atoms with E-state index in [1.54, 1.807) is 0 Å². The number of aliphatic hydroxyl groups is 1. The van der Waals surface area contributed by atoms with Gasteiger partial charge in [-0.1, -0.05) is 181 Å². The third-order valence-corrected chi connectivity index (χ3v) is 11.3. The molecule has 0 aromatic carbocycles. The third-order valence-electron chi connectivity index (χ3n) is 10.4. The molecule has 0 amide bonds. The van der Waals surface area contributed by atoms with Crippen molar-refractivity contribution in [3.63, 3.8) is 0 Å². The Morgan fingerprint density at radius 3 is 1.29 bits per heavy atom. The monoisotopic (exact) mass is 997 g/mol. The van der Waals surface area contributed by atoms with Gasteiger partial charge in [-0.25, -0.2) is 4.57 Å². The standard InChI is InChI=1S/C58H93O11P/c1-4-7-10-13-16-19-22-25-26-27-28-31-32-35-38-41-44-47-56(60)65-51-55(69-58(62)49-46-43-40-37-34-30-24-21-18-15-12-9-6-3)53-67-70(63,64)66-52-54(50-59)68-57(61)48-45-42-39-36-33-29-23-20-17-14-11-8-5-2/h7,9-10,12,16,18-21,23,25-26,28,30-31,34-35,38,40,43,54-55,59H,4-6,8,11,13-15,17,22,24,27,29,32-33,36-37,39,41-42,44-53H2,1-3H3,(H,63,64)/b10-7-,12-9-,19-16-,21-18-,23-20-,26-25-,31-28-,34-30-,38-35-,43-40-. The zero-order valence-corrected chi connectivity index (χ0v) is 44.3. The molecule has 0 fully saturated rings. The number of phosphoric ester groups is 1. The van der Waals surface area contributed by atoms with Crippen LogP contribution in [-0.4, -0.2) is 66.5 Å². The zero-order valence-electron chi connectivity index (χ0n) is 43.4. The van der Waals surface area contributed by atoms with Crippen molar-refractivity contribution in [1.29, 1.82) is 0 Å². The quantitative estimate of drug-likeness (QED) is 0.0197. The number of aliphatic hydroxyl groups excluding tert-OH is 1. The maximum atomic E-state index is 12.8. The van der Waals surface area contributed by atoms with Gasteiger partial charge in [0.15, 0.2) is 6.10 Å². The fourth-order valence-electron chi connectivity index (χ4n) is 6.40. The highest BCUT2D eigenvalue weighted by atomic mass is 31.2. The molecule has 0 radical (unpaired) electrons. The molecule has 0 bridgehead atoms. The molecule has 3 unspecified atom stereocenters. The lowest BCUT2D eigenvalue weighted by atomic mass is 10.1. The van der Waals surface area contributed by atoms with Crippen LogP contribution >= 0.6 is 7.82 Å².